The number of benzene rings is 2. The Morgan fingerprint density at radius 3 is 2.65 bits per heavy atom. The molecule has 2 aromatic carbocycles. The first-order chi connectivity index (χ1) is 12.6. The number of hydrogen-bond donors (Lipinski definition) is 1. The Hall–Kier alpha value is -2.84. The van der Waals surface area contributed by atoms with Gasteiger partial charge in [-0.1, -0.05) is 35.5 Å². The lowest BCUT2D eigenvalue weighted by molar-refractivity contribution is 0.174. The predicted molar refractivity (Wildman–Crippen MR) is 93.4 cm³/mol. The van der Waals surface area contributed by atoms with E-state index in [1.165, 1.54) is 12.1 Å². The van der Waals surface area contributed by atoms with E-state index in [2.05, 4.69) is 9.88 Å². The van der Waals surface area contributed by atoms with E-state index in [1.54, 1.807) is 6.07 Å². The van der Waals surface area contributed by atoms with Gasteiger partial charge in [-0.2, -0.15) is 0 Å². The van der Waals surface area contributed by atoms with Crippen LogP contribution in [-0.2, 0) is 16.4 Å². The van der Waals surface area contributed by atoms with Gasteiger partial charge in [0.2, 0.25) is 16.8 Å². The Morgan fingerprint density at radius 1 is 1.00 bits per heavy atom. The molecule has 0 spiro atoms. The standard InChI is InChI=1S/C18H16N2O5S/c21-26(22,15-6-7-16-18(11-15)24-12-23-16)19-9-8-14-10-17(25-20-14)13-4-2-1-3-5-13/h1-7,10-11,19H,8-9,12H2. The number of ether oxygens (including phenoxy) is 2. The number of sulfonamides is 1. The molecule has 0 saturated heterocycles. The molecule has 1 N–H and O–H groups in total. The van der Waals surface area contributed by atoms with Crippen LogP contribution < -0.4 is 14.2 Å². The third-order valence-corrected chi connectivity index (χ3v) is 5.40. The minimum Gasteiger partial charge on any atom is -0.454 e. The molecule has 7 nitrogen and oxygen atoms in total. The Kier molecular flexibility index (Phi) is 4.36. The minimum atomic E-state index is -3.64. The van der Waals surface area contributed by atoms with Crippen molar-refractivity contribution in [2.75, 3.05) is 13.3 Å². The fourth-order valence-electron chi connectivity index (χ4n) is 2.61. The van der Waals surface area contributed by atoms with Gasteiger partial charge in [0.05, 0.1) is 10.6 Å². The Bertz CT molecular complexity index is 1020. The van der Waals surface area contributed by atoms with Crippen LogP contribution in [0.2, 0.25) is 0 Å². The molecular formula is C18H16N2O5S. The SMILES string of the molecule is O=S(=O)(NCCc1cc(-c2ccccc2)on1)c1ccc2c(c1)OCO2. The molecule has 4 rings (SSSR count). The Morgan fingerprint density at radius 2 is 1.81 bits per heavy atom. The normalized spacial score (nSPS) is 13.1. The maximum Gasteiger partial charge on any atom is 0.240 e. The molecule has 0 bridgehead atoms. The maximum atomic E-state index is 12.4. The maximum absolute atomic E-state index is 12.4. The molecule has 0 amide bonds. The van der Waals surface area contributed by atoms with Crippen LogP contribution in [0.25, 0.3) is 11.3 Å². The summed E-state index contributed by atoms with van der Waals surface area (Å²) in [6.07, 6.45) is 0.417. The van der Waals surface area contributed by atoms with Gasteiger partial charge in [-0.25, -0.2) is 13.1 Å². The molecule has 1 aromatic heterocycles. The van der Waals surface area contributed by atoms with Gasteiger partial charge >= 0.3 is 0 Å². The summed E-state index contributed by atoms with van der Waals surface area (Å²) in [4.78, 5) is 0.131. The molecule has 0 aliphatic carbocycles. The molecule has 3 aromatic rings. The lowest BCUT2D eigenvalue weighted by Crippen LogP contribution is -2.26. The van der Waals surface area contributed by atoms with Gasteiger partial charge in [-0.05, 0) is 12.1 Å². The summed E-state index contributed by atoms with van der Waals surface area (Å²) >= 11 is 0. The summed E-state index contributed by atoms with van der Waals surface area (Å²) in [6.45, 7) is 0.305. The largest absolute Gasteiger partial charge is 0.454 e. The third-order valence-electron chi connectivity index (χ3n) is 3.94. The first-order valence-corrected chi connectivity index (χ1v) is 9.50. The molecule has 1 aliphatic rings. The number of nitrogens with one attached hydrogen (secondary N) is 1. The fraction of sp³-hybridized carbons (Fsp3) is 0.167. The van der Waals surface area contributed by atoms with Crippen LogP contribution in [0, 0.1) is 0 Å². The topological polar surface area (TPSA) is 90.7 Å². The number of rotatable bonds is 6. The van der Waals surface area contributed by atoms with Crippen molar-refractivity contribution >= 4 is 10.0 Å². The number of nitrogens with zero attached hydrogens (tertiary/aromatic N) is 1. The molecule has 0 unspecified atom stereocenters. The van der Waals surface area contributed by atoms with E-state index in [4.69, 9.17) is 14.0 Å². The first-order valence-electron chi connectivity index (χ1n) is 8.02. The fourth-order valence-corrected chi connectivity index (χ4v) is 3.66. The molecule has 8 heteroatoms. The average molecular weight is 372 g/mol. The second-order valence-corrected chi connectivity index (χ2v) is 7.48. The molecule has 2 heterocycles. The molecule has 134 valence electrons. The van der Waals surface area contributed by atoms with Crippen molar-refractivity contribution in [3.8, 4) is 22.8 Å². The lowest BCUT2D eigenvalue weighted by Gasteiger charge is -2.06. The van der Waals surface area contributed by atoms with Gasteiger partial charge in [0.15, 0.2) is 17.3 Å². The van der Waals surface area contributed by atoms with Gasteiger partial charge < -0.3 is 14.0 Å². The molecule has 0 saturated carbocycles. The van der Waals surface area contributed by atoms with Crippen molar-refractivity contribution in [2.45, 2.75) is 11.3 Å². The first kappa shape index (κ1) is 16.6. The average Bonchev–Trinajstić information content (AvgIpc) is 3.31. The van der Waals surface area contributed by atoms with Crippen molar-refractivity contribution < 1.29 is 22.4 Å². The van der Waals surface area contributed by atoms with Gasteiger partial charge in [-0.15, -0.1) is 0 Å². The molecule has 26 heavy (non-hydrogen) atoms. The molecule has 0 atom stereocenters. The van der Waals surface area contributed by atoms with E-state index in [9.17, 15) is 8.42 Å². The summed E-state index contributed by atoms with van der Waals surface area (Å²) in [5.41, 5.74) is 1.60. The van der Waals surface area contributed by atoms with Crippen molar-refractivity contribution in [1.29, 1.82) is 0 Å². The monoisotopic (exact) mass is 372 g/mol. The summed E-state index contributed by atoms with van der Waals surface area (Å²) in [6, 6.07) is 15.9. The Balaban J connectivity index is 1.39. The van der Waals surface area contributed by atoms with Gasteiger partial charge in [0, 0.05) is 30.7 Å². The van der Waals surface area contributed by atoms with Crippen molar-refractivity contribution in [2.24, 2.45) is 0 Å². The van der Waals surface area contributed by atoms with E-state index in [0.717, 1.165) is 5.56 Å². The summed E-state index contributed by atoms with van der Waals surface area (Å²) in [7, 11) is -3.64. The lowest BCUT2D eigenvalue weighted by atomic mass is 10.1. The Labute approximate surface area is 150 Å². The zero-order chi connectivity index (χ0) is 18.0. The number of fused-ring (bicyclic) bond motifs is 1. The summed E-state index contributed by atoms with van der Waals surface area (Å²) < 4.78 is 43.1. The van der Waals surface area contributed by atoms with Crippen LogP contribution >= 0.6 is 0 Å². The quantitative estimate of drug-likeness (QED) is 0.715. The van der Waals surface area contributed by atoms with Crippen LogP contribution in [0.1, 0.15) is 5.69 Å². The summed E-state index contributed by atoms with van der Waals surface area (Å²) in [5, 5.41) is 3.99. The minimum absolute atomic E-state index is 0.0994. The van der Waals surface area contributed by atoms with Gasteiger partial charge in [-0.3, -0.25) is 0 Å². The molecule has 0 fully saturated rings. The predicted octanol–water partition coefficient (Wildman–Crippen LogP) is 2.59. The molecular weight excluding hydrogens is 356 g/mol. The molecule has 0 radical (unpaired) electrons. The van der Waals surface area contributed by atoms with Gasteiger partial charge in [0.1, 0.15) is 0 Å². The van der Waals surface area contributed by atoms with Crippen molar-refractivity contribution in [3.05, 3.63) is 60.3 Å². The van der Waals surface area contributed by atoms with E-state index >= 15 is 0 Å². The van der Waals surface area contributed by atoms with Crippen LogP contribution in [0.3, 0.4) is 0 Å². The highest BCUT2D eigenvalue weighted by atomic mass is 32.2. The van der Waals surface area contributed by atoms with Crippen LogP contribution in [0.15, 0.2) is 64.0 Å². The van der Waals surface area contributed by atoms with Crippen LogP contribution in [0.5, 0.6) is 11.5 Å². The second-order valence-electron chi connectivity index (χ2n) is 5.71. The zero-order valence-electron chi connectivity index (χ0n) is 13.7. The highest BCUT2D eigenvalue weighted by molar-refractivity contribution is 7.89. The summed E-state index contributed by atoms with van der Waals surface area (Å²) in [5.74, 6) is 1.62. The van der Waals surface area contributed by atoms with Gasteiger partial charge in [0.25, 0.3) is 0 Å². The van der Waals surface area contributed by atoms with E-state index in [-0.39, 0.29) is 18.2 Å². The zero-order valence-corrected chi connectivity index (χ0v) is 14.5. The number of hydrogen-bond acceptors (Lipinski definition) is 6. The van der Waals surface area contributed by atoms with Crippen molar-refractivity contribution in [1.82, 2.24) is 9.88 Å². The van der Waals surface area contributed by atoms with E-state index in [1.807, 2.05) is 36.4 Å². The highest BCUT2D eigenvalue weighted by Crippen LogP contribution is 2.33. The third kappa shape index (κ3) is 3.42. The van der Waals surface area contributed by atoms with E-state index in [0.29, 0.717) is 29.4 Å². The van der Waals surface area contributed by atoms with Crippen LogP contribution in [-0.4, -0.2) is 26.9 Å². The van der Waals surface area contributed by atoms with Crippen molar-refractivity contribution in [3.63, 3.8) is 0 Å². The molecule has 1 aliphatic heterocycles. The highest BCUT2D eigenvalue weighted by Gasteiger charge is 2.20. The van der Waals surface area contributed by atoms with Crippen LogP contribution in [0.4, 0.5) is 0 Å². The second kappa shape index (κ2) is 6.81. The smallest absolute Gasteiger partial charge is 0.240 e. The number of aromatic nitrogens is 1. The van der Waals surface area contributed by atoms with E-state index < -0.39 is 10.0 Å².